The second kappa shape index (κ2) is 10.8. The van der Waals surface area contributed by atoms with E-state index in [1.54, 1.807) is 25.1 Å². The van der Waals surface area contributed by atoms with Crippen molar-refractivity contribution in [1.29, 1.82) is 0 Å². The van der Waals surface area contributed by atoms with Gasteiger partial charge < -0.3 is 20.4 Å². The molecule has 1 aliphatic heterocycles. The Kier molecular flexibility index (Phi) is 7.61. The molecule has 2 heterocycles. The number of alkyl halides is 2. The first-order valence-electron chi connectivity index (χ1n) is 13.7. The molecule has 1 aromatic heterocycles. The van der Waals surface area contributed by atoms with Gasteiger partial charge >= 0.3 is 11.9 Å². The van der Waals surface area contributed by atoms with Crippen LogP contribution in [0.5, 0.6) is 0 Å². The molecule has 0 amide bonds. The number of carbonyl (C=O) groups excluding carboxylic acids is 1. The lowest BCUT2D eigenvalue weighted by Crippen LogP contribution is -2.54. The fourth-order valence-corrected chi connectivity index (χ4v) is 5.90. The van der Waals surface area contributed by atoms with Gasteiger partial charge in [-0.3, -0.25) is 4.79 Å². The number of hydrogen-bond donors (Lipinski definition) is 3. The molecule has 1 aromatic carbocycles. The summed E-state index contributed by atoms with van der Waals surface area (Å²) in [5.74, 6) is -4.54. The maximum Gasteiger partial charge on any atom is 0.341 e. The molecule has 2 fully saturated rings. The number of nitrogens with one attached hydrogen (secondary N) is 1. The molecule has 39 heavy (non-hydrogen) atoms. The summed E-state index contributed by atoms with van der Waals surface area (Å²) in [5, 5.41) is 23.7. The molecule has 3 N–H and O–H groups in total. The largest absolute Gasteiger partial charge is 0.480 e. The van der Waals surface area contributed by atoms with E-state index in [4.69, 9.17) is 9.82 Å². The molecule has 210 valence electrons. The number of hydroxylamine groups is 2. The maximum absolute atomic E-state index is 14.7. The fraction of sp³-hybridized carbons (Fsp3) is 0.552. The van der Waals surface area contributed by atoms with Crippen LogP contribution >= 0.6 is 0 Å². The average molecular weight is 544 g/mol. The highest BCUT2D eigenvalue weighted by Crippen LogP contribution is 2.62. The van der Waals surface area contributed by atoms with Crippen LogP contribution in [0.3, 0.4) is 0 Å². The zero-order valence-electron chi connectivity index (χ0n) is 22.0. The number of carboxylic acid groups (broad SMARTS) is 1. The average Bonchev–Trinajstić information content (AvgIpc) is 3.48. The molecule has 8 nitrogen and oxygen atoms in total. The zero-order valence-corrected chi connectivity index (χ0v) is 22.0. The highest BCUT2D eigenvalue weighted by molar-refractivity contribution is 5.89. The number of aromatic nitrogens is 1. The first-order valence-corrected chi connectivity index (χ1v) is 13.7. The Bertz CT molecular complexity index is 1240. The highest BCUT2D eigenvalue weighted by atomic mass is 19.3. The second-order valence-electron chi connectivity index (χ2n) is 11.1. The van der Waals surface area contributed by atoms with Crippen LogP contribution in [0.4, 0.5) is 14.6 Å². The number of aliphatic hydroxyl groups is 1. The van der Waals surface area contributed by atoms with Crippen molar-refractivity contribution in [3.63, 3.8) is 0 Å². The third-order valence-corrected chi connectivity index (χ3v) is 8.36. The number of aliphatic carboxylic acids is 1. The van der Waals surface area contributed by atoms with Crippen molar-refractivity contribution in [3.05, 3.63) is 58.8 Å². The van der Waals surface area contributed by atoms with Gasteiger partial charge in [0.05, 0.1) is 0 Å². The van der Waals surface area contributed by atoms with Crippen molar-refractivity contribution in [3.8, 4) is 0 Å². The molecule has 2 aromatic rings. The number of rotatable bonds is 11. The summed E-state index contributed by atoms with van der Waals surface area (Å²) in [6.45, 7) is 2.22. The van der Waals surface area contributed by atoms with Crippen LogP contribution in [0.15, 0.2) is 36.4 Å². The number of anilines is 1. The number of carbonyl (C=O) groups is 2. The van der Waals surface area contributed by atoms with Gasteiger partial charge in [-0.2, -0.15) is 0 Å². The van der Waals surface area contributed by atoms with Gasteiger partial charge in [-0.25, -0.2) is 18.6 Å². The molecule has 2 atom stereocenters. The van der Waals surface area contributed by atoms with Crippen LogP contribution < -0.4 is 5.32 Å². The van der Waals surface area contributed by atoms with Gasteiger partial charge in [-0.15, -0.1) is 5.06 Å². The van der Waals surface area contributed by atoms with E-state index in [9.17, 15) is 28.6 Å². The Morgan fingerprint density at radius 1 is 1.26 bits per heavy atom. The number of hydrogen-bond acceptors (Lipinski definition) is 7. The molecule has 0 saturated heterocycles. The molecule has 0 radical (unpaired) electrons. The number of carboxylic acids is 1. The molecule has 2 saturated carbocycles. The van der Waals surface area contributed by atoms with Gasteiger partial charge in [0.25, 0.3) is 5.92 Å². The van der Waals surface area contributed by atoms with E-state index in [2.05, 4.69) is 11.4 Å². The summed E-state index contributed by atoms with van der Waals surface area (Å²) in [7, 11) is 0. The van der Waals surface area contributed by atoms with Crippen molar-refractivity contribution in [2.75, 3.05) is 18.5 Å². The van der Waals surface area contributed by atoms with Crippen molar-refractivity contribution < 1.29 is 33.4 Å². The second-order valence-corrected chi connectivity index (χ2v) is 11.1. The number of aliphatic hydroxyl groups excluding tert-OH is 1. The van der Waals surface area contributed by atoms with Crippen LogP contribution in [0.1, 0.15) is 60.9 Å². The minimum absolute atomic E-state index is 0.157. The SMILES string of the molecule is Cc1cccc(C2(C(=O)ON(C3CC(CCc4ccc5c(n4)NCCC5)C3)[C@@H](CCO)C(=O)O)CC2(F)F)c1. The minimum Gasteiger partial charge on any atom is -0.480 e. The van der Waals surface area contributed by atoms with Gasteiger partial charge in [0.2, 0.25) is 0 Å². The number of pyridine rings is 1. The standard InChI is InChI=1S/C29H35F2N3O5/c1-18-4-2-6-21(14-18)28(17-29(28,30)31)27(38)39-34(24(11-13-35)26(36)37)23-15-19(16-23)7-9-22-10-8-20-5-3-12-32-25(20)33-22/h2,4,6,8,10,14,19,23-24,35H,3,5,7,9,11-13,15-17H2,1H3,(H,32,33)(H,36,37)/t19?,23?,24-,28?/m0/s1. The predicted octanol–water partition coefficient (Wildman–Crippen LogP) is 4.03. The van der Waals surface area contributed by atoms with Gasteiger partial charge in [-0.1, -0.05) is 35.9 Å². The van der Waals surface area contributed by atoms with E-state index in [0.29, 0.717) is 12.8 Å². The maximum atomic E-state index is 14.7. The number of aryl methyl sites for hydroxylation is 3. The van der Waals surface area contributed by atoms with Gasteiger partial charge in [-0.05, 0) is 75.0 Å². The lowest BCUT2D eigenvalue weighted by molar-refractivity contribution is -0.237. The summed E-state index contributed by atoms with van der Waals surface area (Å²) >= 11 is 0. The Hall–Kier alpha value is -3.11. The molecule has 3 aliphatic rings. The third-order valence-electron chi connectivity index (χ3n) is 8.36. The Balaban J connectivity index is 1.27. The van der Waals surface area contributed by atoms with Crippen molar-refractivity contribution in [1.82, 2.24) is 10.0 Å². The molecule has 2 aliphatic carbocycles. The Morgan fingerprint density at radius 3 is 2.69 bits per heavy atom. The van der Waals surface area contributed by atoms with Crippen LogP contribution in [0.2, 0.25) is 0 Å². The molecule has 0 spiro atoms. The lowest BCUT2D eigenvalue weighted by atomic mass is 9.76. The summed E-state index contributed by atoms with van der Waals surface area (Å²) < 4.78 is 29.4. The first-order chi connectivity index (χ1) is 18.6. The quantitative estimate of drug-likeness (QED) is 0.364. The minimum atomic E-state index is -3.29. The van der Waals surface area contributed by atoms with E-state index in [-0.39, 0.29) is 17.9 Å². The lowest BCUT2D eigenvalue weighted by Gasteiger charge is -2.44. The number of fused-ring (bicyclic) bond motifs is 1. The van der Waals surface area contributed by atoms with E-state index in [1.807, 2.05) is 6.07 Å². The molecule has 10 heteroatoms. The van der Waals surface area contributed by atoms with Crippen LogP contribution in [0.25, 0.3) is 0 Å². The van der Waals surface area contributed by atoms with E-state index in [1.165, 1.54) is 11.6 Å². The Morgan fingerprint density at radius 2 is 2.03 bits per heavy atom. The fourth-order valence-electron chi connectivity index (χ4n) is 5.90. The number of halogens is 2. The third kappa shape index (κ3) is 5.36. The number of benzene rings is 1. The molecular weight excluding hydrogens is 508 g/mol. The van der Waals surface area contributed by atoms with Crippen molar-refractivity contribution >= 4 is 17.8 Å². The van der Waals surface area contributed by atoms with Gasteiger partial charge in [0, 0.05) is 31.3 Å². The van der Waals surface area contributed by atoms with Crippen molar-refractivity contribution in [2.24, 2.45) is 5.92 Å². The predicted molar refractivity (Wildman–Crippen MR) is 139 cm³/mol. The smallest absolute Gasteiger partial charge is 0.341 e. The van der Waals surface area contributed by atoms with Crippen molar-refractivity contribution in [2.45, 2.75) is 81.7 Å². The van der Waals surface area contributed by atoms with E-state index >= 15 is 0 Å². The molecule has 5 rings (SSSR count). The molecule has 1 unspecified atom stereocenters. The molecule has 0 bridgehead atoms. The summed E-state index contributed by atoms with van der Waals surface area (Å²) in [6, 6.07) is 8.76. The molecular formula is C29H35F2N3O5. The van der Waals surface area contributed by atoms with Gasteiger partial charge in [0.1, 0.15) is 11.9 Å². The first kappa shape index (κ1) is 27.5. The summed E-state index contributed by atoms with van der Waals surface area (Å²) in [4.78, 5) is 35.7. The normalized spacial score (nSPS) is 25.7. The van der Waals surface area contributed by atoms with E-state index in [0.717, 1.165) is 54.4 Å². The number of nitrogens with zero attached hydrogens (tertiary/aromatic N) is 2. The monoisotopic (exact) mass is 543 g/mol. The summed E-state index contributed by atoms with van der Waals surface area (Å²) in [6.07, 6.45) is 3.92. The van der Waals surface area contributed by atoms with Gasteiger partial charge in [0.15, 0.2) is 5.41 Å². The van der Waals surface area contributed by atoms with Crippen LogP contribution in [-0.4, -0.2) is 63.4 Å². The van der Waals surface area contributed by atoms with Crippen LogP contribution in [-0.2, 0) is 32.7 Å². The Labute approximate surface area is 226 Å². The summed E-state index contributed by atoms with van der Waals surface area (Å²) in [5.41, 5.74) is 0.947. The zero-order chi connectivity index (χ0) is 27.8. The van der Waals surface area contributed by atoms with Crippen LogP contribution in [0, 0.1) is 12.8 Å². The van der Waals surface area contributed by atoms with E-state index < -0.39 is 48.4 Å². The highest BCUT2D eigenvalue weighted by Gasteiger charge is 2.78. The topological polar surface area (TPSA) is 112 Å².